The van der Waals surface area contributed by atoms with Gasteiger partial charge in [-0.3, -0.25) is 9.59 Å². The fraction of sp³-hybridized carbons (Fsp3) is 0.217. The molecule has 0 saturated heterocycles. The summed E-state index contributed by atoms with van der Waals surface area (Å²) in [5.74, 6) is -1.49. The van der Waals surface area contributed by atoms with Crippen molar-refractivity contribution in [1.29, 1.82) is 0 Å². The minimum absolute atomic E-state index is 0.129. The van der Waals surface area contributed by atoms with E-state index >= 15 is 0 Å². The minimum atomic E-state index is -0.641. The normalized spacial score (nSPS) is 18.2. The standard InChI is InChI=1S/C23H21FN2O3S/c1-29-12-11-26-21(19-10-5-13-30-19)20(17-8-2-3-9-18(17)23(26)28)22(27)25-16-7-4-6-15(24)14-16/h2-10,13-14,20-21H,11-12H2,1H3,(H,25,27). The third kappa shape index (κ3) is 3.86. The number of nitrogens with zero attached hydrogens (tertiary/aromatic N) is 1. The molecule has 2 aromatic carbocycles. The summed E-state index contributed by atoms with van der Waals surface area (Å²) in [7, 11) is 1.58. The molecule has 2 amide bonds. The number of benzene rings is 2. The van der Waals surface area contributed by atoms with Gasteiger partial charge in [-0.25, -0.2) is 4.39 Å². The summed E-state index contributed by atoms with van der Waals surface area (Å²) < 4.78 is 18.9. The highest BCUT2D eigenvalue weighted by Gasteiger charge is 2.44. The van der Waals surface area contributed by atoms with Crippen molar-refractivity contribution < 1.29 is 18.7 Å². The molecule has 4 rings (SSSR count). The second-order valence-electron chi connectivity index (χ2n) is 7.02. The first kappa shape index (κ1) is 20.3. The molecular weight excluding hydrogens is 403 g/mol. The maximum Gasteiger partial charge on any atom is 0.254 e. The van der Waals surface area contributed by atoms with Gasteiger partial charge in [0.25, 0.3) is 5.91 Å². The van der Waals surface area contributed by atoms with Crippen molar-refractivity contribution in [3.05, 3.63) is 87.9 Å². The topological polar surface area (TPSA) is 58.6 Å². The number of amides is 2. The molecule has 2 unspecified atom stereocenters. The highest BCUT2D eigenvalue weighted by Crippen LogP contribution is 2.44. The number of carbonyl (C=O) groups excluding carboxylic acids is 2. The summed E-state index contributed by atoms with van der Waals surface area (Å²) >= 11 is 1.50. The smallest absolute Gasteiger partial charge is 0.254 e. The first-order valence-corrected chi connectivity index (χ1v) is 10.5. The van der Waals surface area contributed by atoms with Crippen LogP contribution in [0.15, 0.2) is 66.0 Å². The number of rotatable bonds is 6. The average molecular weight is 424 g/mol. The quantitative estimate of drug-likeness (QED) is 0.636. The third-order valence-electron chi connectivity index (χ3n) is 5.18. The molecule has 1 aliphatic heterocycles. The number of carbonyl (C=O) groups is 2. The van der Waals surface area contributed by atoms with E-state index in [0.29, 0.717) is 30.0 Å². The molecule has 0 radical (unpaired) electrons. The van der Waals surface area contributed by atoms with Crippen molar-refractivity contribution in [3.8, 4) is 0 Å². The summed E-state index contributed by atoms with van der Waals surface area (Å²) in [6.07, 6.45) is 0. The van der Waals surface area contributed by atoms with E-state index in [1.807, 2.05) is 29.6 Å². The Bertz CT molecular complexity index is 1050. The van der Waals surface area contributed by atoms with Gasteiger partial charge in [0, 0.05) is 29.8 Å². The van der Waals surface area contributed by atoms with Crippen molar-refractivity contribution in [2.24, 2.45) is 0 Å². The molecule has 7 heteroatoms. The number of methoxy groups -OCH3 is 1. The van der Waals surface area contributed by atoms with E-state index < -0.39 is 17.8 Å². The number of thiophene rings is 1. The zero-order chi connectivity index (χ0) is 21.1. The van der Waals surface area contributed by atoms with Crippen LogP contribution >= 0.6 is 11.3 Å². The van der Waals surface area contributed by atoms with Gasteiger partial charge < -0.3 is 15.0 Å². The number of hydrogen-bond donors (Lipinski definition) is 1. The Morgan fingerprint density at radius 2 is 2.00 bits per heavy atom. The van der Waals surface area contributed by atoms with Crippen LogP contribution in [-0.2, 0) is 9.53 Å². The van der Waals surface area contributed by atoms with Crippen LogP contribution in [0.2, 0.25) is 0 Å². The molecule has 0 aliphatic carbocycles. The fourth-order valence-corrected chi connectivity index (χ4v) is 4.75. The van der Waals surface area contributed by atoms with E-state index in [-0.39, 0.29) is 11.8 Å². The highest BCUT2D eigenvalue weighted by atomic mass is 32.1. The van der Waals surface area contributed by atoms with E-state index in [1.54, 1.807) is 36.3 Å². The molecule has 30 heavy (non-hydrogen) atoms. The van der Waals surface area contributed by atoms with Gasteiger partial charge in [0.15, 0.2) is 0 Å². The monoisotopic (exact) mass is 424 g/mol. The second kappa shape index (κ2) is 8.77. The Morgan fingerprint density at radius 3 is 2.73 bits per heavy atom. The Morgan fingerprint density at radius 1 is 1.17 bits per heavy atom. The summed E-state index contributed by atoms with van der Waals surface area (Å²) in [6.45, 7) is 0.712. The molecule has 5 nitrogen and oxygen atoms in total. The number of ether oxygens (including phenoxy) is 1. The maximum absolute atomic E-state index is 13.6. The zero-order valence-electron chi connectivity index (χ0n) is 16.4. The molecule has 0 fully saturated rings. The fourth-order valence-electron chi connectivity index (χ4n) is 3.87. The summed E-state index contributed by atoms with van der Waals surface area (Å²) in [5.41, 5.74) is 1.55. The molecule has 1 aromatic heterocycles. The molecule has 0 bridgehead atoms. The molecule has 2 heterocycles. The van der Waals surface area contributed by atoms with E-state index in [4.69, 9.17) is 4.74 Å². The SMILES string of the molecule is COCCN1C(=O)c2ccccc2C(C(=O)Nc2cccc(F)c2)C1c1cccs1. The van der Waals surface area contributed by atoms with Gasteiger partial charge in [-0.15, -0.1) is 11.3 Å². The average Bonchev–Trinajstić information content (AvgIpc) is 3.27. The molecule has 0 spiro atoms. The first-order valence-electron chi connectivity index (χ1n) is 9.59. The van der Waals surface area contributed by atoms with Crippen LogP contribution in [0.3, 0.4) is 0 Å². The van der Waals surface area contributed by atoms with Crippen LogP contribution in [-0.4, -0.2) is 37.0 Å². The molecule has 1 N–H and O–H groups in total. The van der Waals surface area contributed by atoms with Crippen molar-refractivity contribution >= 4 is 28.8 Å². The molecule has 0 saturated carbocycles. The lowest BCUT2D eigenvalue weighted by molar-refractivity contribution is -0.119. The van der Waals surface area contributed by atoms with Crippen LogP contribution in [0.25, 0.3) is 0 Å². The second-order valence-corrected chi connectivity index (χ2v) is 8.00. The maximum atomic E-state index is 13.6. The number of hydrogen-bond acceptors (Lipinski definition) is 4. The minimum Gasteiger partial charge on any atom is -0.383 e. The van der Waals surface area contributed by atoms with E-state index in [9.17, 15) is 14.0 Å². The Hall–Kier alpha value is -3.03. The van der Waals surface area contributed by atoms with E-state index in [0.717, 1.165) is 4.88 Å². The predicted molar refractivity (Wildman–Crippen MR) is 114 cm³/mol. The third-order valence-corrected chi connectivity index (χ3v) is 6.13. The molecule has 154 valence electrons. The van der Waals surface area contributed by atoms with Gasteiger partial charge >= 0.3 is 0 Å². The first-order chi connectivity index (χ1) is 14.6. The van der Waals surface area contributed by atoms with Crippen molar-refractivity contribution in [1.82, 2.24) is 4.90 Å². The Labute approximate surface area is 178 Å². The number of halogens is 1. The van der Waals surface area contributed by atoms with E-state index in [1.165, 1.54) is 23.5 Å². The van der Waals surface area contributed by atoms with Crippen molar-refractivity contribution in [2.45, 2.75) is 12.0 Å². The van der Waals surface area contributed by atoms with Gasteiger partial charge in [0.2, 0.25) is 5.91 Å². The van der Waals surface area contributed by atoms with Gasteiger partial charge in [-0.1, -0.05) is 30.3 Å². The number of anilines is 1. The van der Waals surface area contributed by atoms with Crippen LogP contribution in [0.5, 0.6) is 0 Å². The van der Waals surface area contributed by atoms with E-state index in [2.05, 4.69) is 5.32 Å². The van der Waals surface area contributed by atoms with Crippen LogP contribution in [0, 0.1) is 5.82 Å². The summed E-state index contributed by atoms with van der Waals surface area (Å²) in [4.78, 5) is 29.4. The largest absolute Gasteiger partial charge is 0.383 e. The molecule has 2 atom stereocenters. The summed E-state index contributed by atoms with van der Waals surface area (Å²) in [6, 6.07) is 16.3. The summed E-state index contributed by atoms with van der Waals surface area (Å²) in [5, 5.41) is 4.76. The van der Waals surface area contributed by atoms with Crippen LogP contribution in [0.4, 0.5) is 10.1 Å². The van der Waals surface area contributed by atoms with Crippen LogP contribution in [0.1, 0.15) is 32.8 Å². The Kier molecular flexibility index (Phi) is 5.92. The number of nitrogens with one attached hydrogen (secondary N) is 1. The lowest BCUT2D eigenvalue weighted by Crippen LogP contribution is -2.47. The lowest BCUT2D eigenvalue weighted by Gasteiger charge is -2.41. The highest BCUT2D eigenvalue weighted by molar-refractivity contribution is 7.10. The predicted octanol–water partition coefficient (Wildman–Crippen LogP) is 4.45. The zero-order valence-corrected chi connectivity index (χ0v) is 17.2. The molecular formula is C23H21FN2O3S. The van der Waals surface area contributed by atoms with Gasteiger partial charge in [0.1, 0.15) is 5.82 Å². The Balaban J connectivity index is 1.80. The van der Waals surface area contributed by atoms with Crippen LogP contribution < -0.4 is 5.32 Å². The molecule has 1 aliphatic rings. The van der Waals surface area contributed by atoms with Crippen molar-refractivity contribution in [2.75, 3.05) is 25.6 Å². The molecule has 3 aromatic rings. The number of fused-ring (bicyclic) bond motifs is 1. The van der Waals surface area contributed by atoms with Gasteiger partial charge in [-0.05, 0) is 41.3 Å². The lowest BCUT2D eigenvalue weighted by atomic mass is 9.81. The van der Waals surface area contributed by atoms with Gasteiger partial charge in [-0.2, -0.15) is 0 Å². The van der Waals surface area contributed by atoms with Gasteiger partial charge in [0.05, 0.1) is 18.6 Å². The van der Waals surface area contributed by atoms with Crippen molar-refractivity contribution in [3.63, 3.8) is 0 Å².